The predicted octanol–water partition coefficient (Wildman–Crippen LogP) is 1.66. The molecule has 0 radical (unpaired) electrons. The maximum atomic E-state index is 12.8. The average molecular weight is 451 g/mol. The van der Waals surface area contributed by atoms with Crippen molar-refractivity contribution in [1.82, 2.24) is 15.3 Å². The largest absolute Gasteiger partial charge is 0.493 e. The second-order valence-electron chi connectivity index (χ2n) is 6.92. The number of methoxy groups -OCH3 is 3. The van der Waals surface area contributed by atoms with E-state index in [1.165, 1.54) is 27.5 Å². The van der Waals surface area contributed by atoms with E-state index in [4.69, 9.17) is 25.7 Å². The van der Waals surface area contributed by atoms with Crippen LogP contribution >= 0.6 is 0 Å². The highest BCUT2D eigenvalue weighted by molar-refractivity contribution is 5.95. The van der Waals surface area contributed by atoms with Crippen LogP contribution < -0.4 is 31.0 Å². The molecule has 5 N–H and O–H groups in total. The molecule has 10 nitrogen and oxygen atoms in total. The van der Waals surface area contributed by atoms with Crippen LogP contribution in [0.2, 0.25) is 0 Å². The molecule has 1 aromatic heterocycles. The lowest BCUT2D eigenvalue weighted by Crippen LogP contribution is -2.23. The van der Waals surface area contributed by atoms with Gasteiger partial charge < -0.3 is 31.0 Å². The lowest BCUT2D eigenvalue weighted by Gasteiger charge is -2.14. The summed E-state index contributed by atoms with van der Waals surface area (Å²) in [6.45, 7) is 0.269. The molecule has 10 heteroatoms. The number of hydrogen-bond acceptors (Lipinski definition) is 8. The second kappa shape index (κ2) is 10.4. The zero-order valence-corrected chi connectivity index (χ0v) is 18.5. The average Bonchev–Trinajstić information content (AvgIpc) is 2.85. The Balaban J connectivity index is 1.81. The van der Waals surface area contributed by atoms with E-state index in [9.17, 15) is 9.59 Å². The number of hydrogen-bond donors (Lipinski definition) is 3. The van der Waals surface area contributed by atoms with Gasteiger partial charge in [-0.2, -0.15) is 0 Å². The first-order valence-electron chi connectivity index (χ1n) is 9.95. The van der Waals surface area contributed by atoms with Gasteiger partial charge in [-0.05, 0) is 29.8 Å². The van der Waals surface area contributed by atoms with Crippen LogP contribution in [0.4, 0.5) is 0 Å². The summed E-state index contributed by atoms with van der Waals surface area (Å²) in [7, 11) is 4.57. The van der Waals surface area contributed by atoms with E-state index in [1.807, 2.05) is 0 Å². The minimum Gasteiger partial charge on any atom is -0.493 e. The van der Waals surface area contributed by atoms with Crippen molar-refractivity contribution in [3.05, 3.63) is 65.1 Å². The summed E-state index contributed by atoms with van der Waals surface area (Å²) in [4.78, 5) is 32.9. The zero-order chi connectivity index (χ0) is 24.0. The number of carbonyl (C=O) groups is 2. The Morgan fingerprint density at radius 2 is 1.73 bits per heavy atom. The van der Waals surface area contributed by atoms with Crippen molar-refractivity contribution in [2.24, 2.45) is 11.5 Å². The summed E-state index contributed by atoms with van der Waals surface area (Å²) < 4.78 is 16.0. The number of rotatable bonds is 9. The first kappa shape index (κ1) is 23.5. The normalized spacial score (nSPS) is 10.4. The Morgan fingerprint density at radius 1 is 1.03 bits per heavy atom. The molecule has 0 aliphatic heterocycles. The topological polar surface area (TPSA) is 152 Å². The molecule has 172 valence electrons. The molecule has 1 heterocycles. The maximum Gasteiger partial charge on any atom is 0.269 e. The van der Waals surface area contributed by atoms with Crippen molar-refractivity contribution >= 4 is 11.8 Å². The van der Waals surface area contributed by atoms with Gasteiger partial charge >= 0.3 is 0 Å². The SMILES string of the molecule is COc1cc(CNC(=O)c2cccc(-c3cnc(CN)c(C(N)=O)n3)c2)cc(OC)c1OC. The highest BCUT2D eigenvalue weighted by Gasteiger charge is 2.16. The Morgan fingerprint density at radius 3 is 2.30 bits per heavy atom. The molecule has 0 saturated carbocycles. The molecule has 2 aromatic carbocycles. The van der Waals surface area contributed by atoms with Crippen LogP contribution in [0.3, 0.4) is 0 Å². The van der Waals surface area contributed by atoms with Gasteiger partial charge in [-0.15, -0.1) is 0 Å². The van der Waals surface area contributed by atoms with Crippen molar-refractivity contribution < 1.29 is 23.8 Å². The third-order valence-corrected chi connectivity index (χ3v) is 4.87. The Hall–Kier alpha value is -4.18. The molecule has 0 aliphatic rings. The summed E-state index contributed by atoms with van der Waals surface area (Å²) in [6, 6.07) is 10.3. The van der Waals surface area contributed by atoms with Crippen molar-refractivity contribution in [2.75, 3.05) is 21.3 Å². The van der Waals surface area contributed by atoms with Gasteiger partial charge in [-0.1, -0.05) is 12.1 Å². The maximum absolute atomic E-state index is 12.8. The third-order valence-electron chi connectivity index (χ3n) is 4.87. The van der Waals surface area contributed by atoms with E-state index in [1.54, 1.807) is 36.4 Å². The smallest absolute Gasteiger partial charge is 0.269 e. The lowest BCUT2D eigenvalue weighted by atomic mass is 10.1. The first-order valence-corrected chi connectivity index (χ1v) is 9.95. The summed E-state index contributed by atoms with van der Waals surface area (Å²) >= 11 is 0. The van der Waals surface area contributed by atoms with E-state index >= 15 is 0 Å². The second-order valence-corrected chi connectivity index (χ2v) is 6.92. The van der Waals surface area contributed by atoms with Gasteiger partial charge in [0.1, 0.15) is 0 Å². The summed E-state index contributed by atoms with van der Waals surface area (Å²) in [5, 5.41) is 2.86. The number of aromatic nitrogens is 2. The molecule has 3 rings (SSSR count). The molecule has 3 aromatic rings. The third kappa shape index (κ3) is 5.18. The Kier molecular flexibility index (Phi) is 7.42. The molecular weight excluding hydrogens is 426 g/mol. The number of nitrogens with two attached hydrogens (primary N) is 2. The van der Waals surface area contributed by atoms with Crippen LogP contribution in [0.15, 0.2) is 42.6 Å². The highest BCUT2D eigenvalue weighted by atomic mass is 16.5. The summed E-state index contributed by atoms with van der Waals surface area (Å²) in [5.41, 5.74) is 13.5. The quantitative estimate of drug-likeness (QED) is 0.444. The van der Waals surface area contributed by atoms with Crippen LogP contribution in [-0.2, 0) is 13.1 Å². The monoisotopic (exact) mass is 451 g/mol. The molecule has 0 atom stereocenters. The van der Waals surface area contributed by atoms with Crippen LogP contribution in [0.25, 0.3) is 11.3 Å². The number of nitrogens with one attached hydrogen (secondary N) is 1. The molecule has 33 heavy (non-hydrogen) atoms. The molecule has 0 fully saturated rings. The standard InChI is InChI=1S/C23H25N5O5/c1-31-18-7-13(8-19(32-2)21(18)33-3)11-27-23(30)15-6-4-5-14(9-15)17-12-26-16(10-24)20(28-17)22(25)29/h4-9,12H,10-11,24H2,1-3H3,(H2,25,29)(H,27,30). The number of carbonyl (C=O) groups excluding carboxylic acids is 2. The number of ether oxygens (including phenoxy) is 3. The molecule has 2 amide bonds. The fourth-order valence-electron chi connectivity index (χ4n) is 3.24. The number of amides is 2. The fourth-order valence-corrected chi connectivity index (χ4v) is 3.24. The van der Waals surface area contributed by atoms with Crippen molar-refractivity contribution in [3.63, 3.8) is 0 Å². The van der Waals surface area contributed by atoms with Gasteiger partial charge in [0.05, 0.1) is 38.9 Å². The molecular formula is C23H25N5O5. The molecule has 0 bridgehead atoms. The Labute approximate surface area is 190 Å². The van der Waals surface area contributed by atoms with Gasteiger partial charge in [0.15, 0.2) is 17.2 Å². The van der Waals surface area contributed by atoms with Crippen molar-refractivity contribution in [3.8, 4) is 28.5 Å². The van der Waals surface area contributed by atoms with Crippen LogP contribution in [-0.4, -0.2) is 43.1 Å². The summed E-state index contributed by atoms with van der Waals surface area (Å²) in [6.07, 6.45) is 1.49. The van der Waals surface area contributed by atoms with Crippen molar-refractivity contribution in [1.29, 1.82) is 0 Å². The van der Waals surface area contributed by atoms with Gasteiger partial charge in [0, 0.05) is 24.2 Å². The minimum atomic E-state index is -0.718. The molecule has 0 spiro atoms. The van der Waals surface area contributed by atoms with Gasteiger partial charge in [0.25, 0.3) is 11.8 Å². The van der Waals surface area contributed by atoms with Crippen LogP contribution in [0.1, 0.15) is 32.1 Å². The first-order chi connectivity index (χ1) is 15.9. The zero-order valence-electron chi connectivity index (χ0n) is 18.5. The number of primary amides is 1. The Bertz CT molecular complexity index is 1160. The highest BCUT2D eigenvalue weighted by Crippen LogP contribution is 2.38. The van der Waals surface area contributed by atoms with E-state index in [0.717, 1.165) is 5.56 Å². The minimum absolute atomic E-state index is 0.00672. The summed E-state index contributed by atoms with van der Waals surface area (Å²) in [5.74, 6) is 0.442. The van der Waals surface area contributed by atoms with E-state index in [-0.39, 0.29) is 24.7 Å². The molecule has 0 unspecified atom stereocenters. The van der Waals surface area contributed by atoms with E-state index in [2.05, 4.69) is 15.3 Å². The molecule has 0 saturated heterocycles. The van der Waals surface area contributed by atoms with Gasteiger partial charge in [-0.3, -0.25) is 14.6 Å². The van der Waals surface area contributed by atoms with Crippen LogP contribution in [0.5, 0.6) is 17.2 Å². The number of benzene rings is 2. The van der Waals surface area contributed by atoms with Crippen LogP contribution in [0, 0.1) is 0 Å². The van der Waals surface area contributed by atoms with Gasteiger partial charge in [0.2, 0.25) is 5.75 Å². The van der Waals surface area contributed by atoms with Gasteiger partial charge in [-0.25, -0.2) is 4.98 Å². The van der Waals surface area contributed by atoms with E-state index in [0.29, 0.717) is 39.8 Å². The lowest BCUT2D eigenvalue weighted by molar-refractivity contribution is 0.0949. The predicted molar refractivity (Wildman–Crippen MR) is 121 cm³/mol. The fraction of sp³-hybridized carbons (Fsp3) is 0.217. The molecule has 0 aliphatic carbocycles. The van der Waals surface area contributed by atoms with Crippen molar-refractivity contribution in [2.45, 2.75) is 13.1 Å². The number of nitrogens with zero attached hydrogens (tertiary/aromatic N) is 2. The van der Waals surface area contributed by atoms with E-state index < -0.39 is 5.91 Å².